The predicted octanol–water partition coefficient (Wildman–Crippen LogP) is 2.35. The molecule has 1 rings (SSSR count). The number of hydrogen-bond acceptors (Lipinski definition) is 2. The normalized spacial score (nSPS) is 11.9. The number of alkyl halides is 1. The SMILES string of the molecule is C=C(C(=O)c1ccccc1)C(=O)C(C)F. The van der Waals surface area contributed by atoms with Gasteiger partial charge >= 0.3 is 0 Å². The summed E-state index contributed by atoms with van der Waals surface area (Å²) in [5.41, 5.74) is 0.0349. The second-order valence-electron chi connectivity index (χ2n) is 3.15. The van der Waals surface area contributed by atoms with Crippen molar-refractivity contribution in [3.8, 4) is 0 Å². The fraction of sp³-hybridized carbons (Fsp3) is 0.167. The van der Waals surface area contributed by atoms with Crippen molar-refractivity contribution in [2.24, 2.45) is 0 Å². The second kappa shape index (κ2) is 4.64. The number of halogens is 1. The van der Waals surface area contributed by atoms with Crippen LogP contribution in [0.4, 0.5) is 4.39 Å². The van der Waals surface area contributed by atoms with E-state index >= 15 is 0 Å². The lowest BCUT2D eigenvalue weighted by Gasteiger charge is -2.04. The number of ketones is 2. The number of benzene rings is 1. The molecule has 0 saturated carbocycles. The lowest BCUT2D eigenvalue weighted by Crippen LogP contribution is -2.19. The first kappa shape index (κ1) is 11.3. The molecular formula is C12H11FO2. The Morgan fingerprint density at radius 3 is 2.27 bits per heavy atom. The van der Waals surface area contributed by atoms with Gasteiger partial charge in [-0.25, -0.2) is 4.39 Å². The minimum absolute atomic E-state index is 0.309. The Balaban J connectivity index is 2.88. The van der Waals surface area contributed by atoms with Gasteiger partial charge in [0.15, 0.2) is 17.7 Å². The zero-order valence-corrected chi connectivity index (χ0v) is 8.37. The van der Waals surface area contributed by atoms with Crippen LogP contribution >= 0.6 is 0 Å². The Bertz CT molecular complexity index is 393. The molecule has 2 nitrogen and oxygen atoms in total. The topological polar surface area (TPSA) is 34.1 Å². The molecule has 0 heterocycles. The summed E-state index contributed by atoms with van der Waals surface area (Å²) < 4.78 is 12.7. The van der Waals surface area contributed by atoms with Crippen LogP contribution in [0.1, 0.15) is 17.3 Å². The lowest BCUT2D eigenvalue weighted by atomic mass is 10.00. The molecule has 0 aromatic heterocycles. The van der Waals surface area contributed by atoms with E-state index in [0.29, 0.717) is 5.56 Å². The number of carbonyl (C=O) groups is 2. The van der Waals surface area contributed by atoms with Crippen molar-refractivity contribution in [2.45, 2.75) is 13.1 Å². The highest BCUT2D eigenvalue weighted by Crippen LogP contribution is 2.10. The van der Waals surface area contributed by atoms with E-state index in [1.807, 2.05) is 0 Å². The Hall–Kier alpha value is -1.77. The molecule has 0 aliphatic carbocycles. The molecule has 78 valence electrons. The molecule has 0 aliphatic heterocycles. The summed E-state index contributed by atoms with van der Waals surface area (Å²) in [6.45, 7) is 4.40. The van der Waals surface area contributed by atoms with Crippen LogP contribution in [0.2, 0.25) is 0 Å². The zero-order chi connectivity index (χ0) is 11.4. The molecule has 0 bridgehead atoms. The van der Waals surface area contributed by atoms with Gasteiger partial charge in [0, 0.05) is 5.56 Å². The molecule has 1 unspecified atom stereocenters. The van der Waals surface area contributed by atoms with Crippen molar-refractivity contribution < 1.29 is 14.0 Å². The average Bonchev–Trinajstić information content (AvgIpc) is 2.27. The van der Waals surface area contributed by atoms with Crippen molar-refractivity contribution in [1.82, 2.24) is 0 Å². The van der Waals surface area contributed by atoms with Crippen molar-refractivity contribution in [2.75, 3.05) is 0 Å². The van der Waals surface area contributed by atoms with Crippen LogP contribution in [0.5, 0.6) is 0 Å². The van der Waals surface area contributed by atoms with E-state index in [0.717, 1.165) is 6.92 Å². The molecule has 0 aliphatic rings. The Labute approximate surface area is 87.4 Å². The number of hydrogen-bond donors (Lipinski definition) is 0. The maximum atomic E-state index is 12.7. The van der Waals surface area contributed by atoms with E-state index in [4.69, 9.17) is 0 Å². The highest BCUT2D eigenvalue weighted by molar-refractivity contribution is 6.26. The van der Waals surface area contributed by atoms with Gasteiger partial charge in [-0.05, 0) is 6.92 Å². The van der Waals surface area contributed by atoms with Crippen LogP contribution in [0.15, 0.2) is 42.5 Å². The van der Waals surface area contributed by atoms with Gasteiger partial charge in [-0.3, -0.25) is 9.59 Å². The highest BCUT2D eigenvalue weighted by atomic mass is 19.1. The van der Waals surface area contributed by atoms with Gasteiger partial charge < -0.3 is 0 Å². The molecular weight excluding hydrogens is 195 g/mol. The third kappa shape index (κ3) is 2.59. The number of Topliss-reactive ketones (excluding diaryl/α,β-unsaturated/α-hetero) is 2. The number of carbonyl (C=O) groups excluding carboxylic acids is 2. The molecule has 0 spiro atoms. The fourth-order valence-corrected chi connectivity index (χ4v) is 1.12. The van der Waals surface area contributed by atoms with Crippen molar-refractivity contribution >= 4 is 11.6 Å². The summed E-state index contributed by atoms with van der Waals surface area (Å²) in [6.07, 6.45) is -1.69. The van der Waals surface area contributed by atoms with Crippen molar-refractivity contribution in [3.63, 3.8) is 0 Å². The maximum absolute atomic E-state index is 12.7. The first-order chi connectivity index (χ1) is 7.04. The van der Waals surface area contributed by atoms with Gasteiger partial charge in [0.2, 0.25) is 0 Å². The minimum Gasteiger partial charge on any atom is -0.291 e. The van der Waals surface area contributed by atoms with Gasteiger partial charge in [-0.1, -0.05) is 36.9 Å². The summed E-state index contributed by atoms with van der Waals surface area (Å²) in [7, 11) is 0. The van der Waals surface area contributed by atoms with E-state index in [2.05, 4.69) is 6.58 Å². The molecule has 0 fully saturated rings. The van der Waals surface area contributed by atoms with Gasteiger partial charge in [0.25, 0.3) is 0 Å². The Morgan fingerprint density at radius 1 is 1.27 bits per heavy atom. The molecule has 0 radical (unpaired) electrons. The summed E-state index contributed by atoms with van der Waals surface area (Å²) in [5, 5.41) is 0. The molecule has 3 heteroatoms. The summed E-state index contributed by atoms with van der Waals surface area (Å²) in [4.78, 5) is 22.8. The lowest BCUT2D eigenvalue weighted by molar-refractivity contribution is -0.119. The quantitative estimate of drug-likeness (QED) is 0.328. The Morgan fingerprint density at radius 2 is 1.80 bits per heavy atom. The second-order valence-corrected chi connectivity index (χ2v) is 3.15. The third-order valence-corrected chi connectivity index (χ3v) is 1.97. The van der Waals surface area contributed by atoms with Crippen molar-refractivity contribution in [3.05, 3.63) is 48.0 Å². The van der Waals surface area contributed by atoms with E-state index in [1.54, 1.807) is 30.3 Å². The van der Waals surface area contributed by atoms with Crippen LogP contribution in [0.3, 0.4) is 0 Å². The molecule has 15 heavy (non-hydrogen) atoms. The Kier molecular flexibility index (Phi) is 3.50. The molecule has 0 N–H and O–H groups in total. The van der Waals surface area contributed by atoms with E-state index < -0.39 is 17.7 Å². The van der Waals surface area contributed by atoms with Gasteiger partial charge in [-0.2, -0.15) is 0 Å². The molecule has 0 amide bonds. The van der Waals surface area contributed by atoms with Crippen LogP contribution in [-0.4, -0.2) is 17.7 Å². The summed E-state index contributed by atoms with van der Waals surface area (Å²) in [6, 6.07) is 8.21. The zero-order valence-electron chi connectivity index (χ0n) is 8.37. The highest BCUT2D eigenvalue weighted by Gasteiger charge is 2.21. The largest absolute Gasteiger partial charge is 0.291 e. The fourth-order valence-electron chi connectivity index (χ4n) is 1.12. The molecule has 0 saturated heterocycles. The van der Waals surface area contributed by atoms with Crippen LogP contribution < -0.4 is 0 Å². The van der Waals surface area contributed by atoms with Crippen LogP contribution in [0, 0.1) is 0 Å². The monoisotopic (exact) mass is 206 g/mol. The minimum atomic E-state index is -1.69. The maximum Gasteiger partial charge on any atom is 0.199 e. The molecule has 1 atom stereocenters. The van der Waals surface area contributed by atoms with E-state index in [-0.39, 0.29) is 5.57 Å². The smallest absolute Gasteiger partial charge is 0.199 e. The first-order valence-corrected chi connectivity index (χ1v) is 4.51. The van der Waals surface area contributed by atoms with Crippen molar-refractivity contribution in [1.29, 1.82) is 0 Å². The summed E-state index contributed by atoms with van der Waals surface area (Å²) in [5.74, 6) is -1.38. The first-order valence-electron chi connectivity index (χ1n) is 4.51. The van der Waals surface area contributed by atoms with E-state index in [9.17, 15) is 14.0 Å². The predicted molar refractivity (Wildman–Crippen MR) is 55.5 cm³/mol. The molecule has 1 aromatic carbocycles. The van der Waals surface area contributed by atoms with Gasteiger partial charge in [0.1, 0.15) is 0 Å². The average molecular weight is 206 g/mol. The van der Waals surface area contributed by atoms with Crippen LogP contribution in [-0.2, 0) is 4.79 Å². The number of allylic oxidation sites excluding steroid dienone is 1. The van der Waals surface area contributed by atoms with E-state index in [1.165, 1.54) is 0 Å². The third-order valence-electron chi connectivity index (χ3n) is 1.97. The van der Waals surface area contributed by atoms with Crippen LogP contribution in [0.25, 0.3) is 0 Å². The number of rotatable bonds is 4. The summed E-state index contributed by atoms with van der Waals surface area (Å²) >= 11 is 0. The standard InChI is InChI=1S/C12H11FO2/c1-8(11(14)9(2)13)12(15)10-6-4-3-5-7-10/h3-7,9H,1H2,2H3. The molecule has 1 aromatic rings. The van der Waals surface area contributed by atoms with Gasteiger partial charge in [0.05, 0.1) is 5.57 Å². The van der Waals surface area contributed by atoms with Gasteiger partial charge in [-0.15, -0.1) is 0 Å².